The highest BCUT2D eigenvalue weighted by atomic mass is 32.1. The molecule has 1 aromatic carbocycles. The van der Waals surface area contributed by atoms with Crippen LogP contribution in [0.2, 0.25) is 0 Å². The normalized spacial score (nSPS) is 11.9. The van der Waals surface area contributed by atoms with E-state index in [4.69, 9.17) is 10.6 Å². The second kappa shape index (κ2) is 8.52. The Morgan fingerprint density at radius 3 is 2.62 bits per heavy atom. The van der Waals surface area contributed by atoms with Crippen molar-refractivity contribution in [2.45, 2.75) is 19.7 Å². The van der Waals surface area contributed by atoms with E-state index in [9.17, 15) is 18.0 Å². The Morgan fingerprint density at radius 2 is 2.04 bits per heavy atom. The molecule has 11 heteroatoms. The summed E-state index contributed by atoms with van der Waals surface area (Å²) >= 11 is 1.48. The quantitative estimate of drug-likeness (QED) is 0.432. The zero-order valence-electron chi connectivity index (χ0n) is 13.5. The lowest BCUT2D eigenvalue weighted by Crippen LogP contribution is -2.20. The number of oxime groups is 1. The average molecular weight is 388 g/mol. The maximum atomic E-state index is 12.1. The van der Waals surface area contributed by atoms with E-state index in [1.807, 2.05) is 12.3 Å². The molecule has 26 heavy (non-hydrogen) atoms. The summed E-state index contributed by atoms with van der Waals surface area (Å²) in [5.74, 6) is -0.770. The number of benzene rings is 1. The predicted molar refractivity (Wildman–Crippen MR) is 89.9 cm³/mol. The van der Waals surface area contributed by atoms with Gasteiger partial charge in [0.15, 0.2) is 6.61 Å². The van der Waals surface area contributed by atoms with Gasteiger partial charge in [-0.15, -0.1) is 24.5 Å². The largest absolute Gasteiger partial charge is 0.573 e. The summed E-state index contributed by atoms with van der Waals surface area (Å²) in [6, 6.07) is 4.69. The number of carbonyl (C=O) groups is 1. The lowest BCUT2D eigenvalue weighted by Gasteiger charge is -2.09. The number of nitrogens with zero attached hydrogens (tertiary/aromatic N) is 2. The van der Waals surface area contributed by atoms with Crippen LogP contribution in [0.25, 0.3) is 0 Å². The second-order valence-corrected chi connectivity index (χ2v) is 6.07. The molecule has 1 heterocycles. The zero-order valence-corrected chi connectivity index (χ0v) is 14.4. The number of carbonyl (C=O) groups excluding carboxylic acids is 1. The van der Waals surface area contributed by atoms with E-state index in [1.54, 1.807) is 0 Å². The van der Waals surface area contributed by atoms with Gasteiger partial charge in [0.05, 0.1) is 17.1 Å². The molecular weight excluding hydrogens is 373 g/mol. The Balaban J connectivity index is 1.76. The Bertz CT molecular complexity index is 775. The maximum Gasteiger partial charge on any atom is 0.573 e. The van der Waals surface area contributed by atoms with Crippen molar-refractivity contribution in [1.82, 2.24) is 4.98 Å². The number of alkyl halides is 3. The molecule has 0 aliphatic carbocycles. The minimum atomic E-state index is -4.77. The van der Waals surface area contributed by atoms with Crippen molar-refractivity contribution in [3.05, 3.63) is 40.3 Å². The monoisotopic (exact) mass is 388 g/mol. The average Bonchev–Trinajstić information content (AvgIpc) is 2.93. The molecule has 0 radical (unpaired) electrons. The topological polar surface area (TPSA) is 98.8 Å². The van der Waals surface area contributed by atoms with E-state index in [2.05, 4.69) is 20.2 Å². The molecule has 2 rings (SSSR count). The number of anilines is 1. The number of amides is 1. The van der Waals surface area contributed by atoms with Crippen LogP contribution in [0.15, 0.2) is 34.8 Å². The van der Waals surface area contributed by atoms with Gasteiger partial charge in [-0.2, -0.15) is 0 Å². The molecule has 140 valence electrons. The summed E-state index contributed by atoms with van der Waals surface area (Å²) < 4.78 is 39.9. The number of rotatable bonds is 7. The predicted octanol–water partition coefficient (Wildman–Crippen LogP) is 2.82. The number of amidine groups is 1. The minimum Gasteiger partial charge on any atom is -0.406 e. The lowest BCUT2D eigenvalue weighted by molar-refractivity contribution is -0.274. The SMILES string of the molecule is Cc1nc(C/C(N)=N/OCC(=O)Nc2ccc(OC(F)(F)F)cc2)cs1. The summed E-state index contributed by atoms with van der Waals surface area (Å²) in [7, 11) is 0. The van der Waals surface area contributed by atoms with Gasteiger partial charge in [-0.3, -0.25) is 4.79 Å². The van der Waals surface area contributed by atoms with Crippen LogP contribution in [-0.4, -0.2) is 29.7 Å². The van der Waals surface area contributed by atoms with Crippen LogP contribution in [0.3, 0.4) is 0 Å². The summed E-state index contributed by atoms with van der Waals surface area (Å²) in [4.78, 5) is 20.8. The molecule has 0 aliphatic heterocycles. The first kappa shape index (κ1) is 19.5. The molecule has 3 N–H and O–H groups in total. The van der Waals surface area contributed by atoms with Crippen molar-refractivity contribution in [3.63, 3.8) is 0 Å². The molecule has 0 aliphatic rings. The Kier molecular flexibility index (Phi) is 6.39. The molecule has 0 bridgehead atoms. The first-order valence-corrected chi connectivity index (χ1v) is 8.10. The van der Waals surface area contributed by atoms with Gasteiger partial charge in [0.2, 0.25) is 0 Å². The molecular formula is C15H15F3N4O3S. The molecule has 1 amide bonds. The van der Waals surface area contributed by atoms with E-state index >= 15 is 0 Å². The van der Waals surface area contributed by atoms with E-state index in [-0.39, 0.29) is 17.3 Å². The van der Waals surface area contributed by atoms with Gasteiger partial charge in [0.25, 0.3) is 5.91 Å². The molecule has 0 fully saturated rings. The summed E-state index contributed by atoms with van der Waals surface area (Å²) in [5, 5.41) is 8.80. The van der Waals surface area contributed by atoms with Crippen molar-refractivity contribution >= 4 is 28.8 Å². The number of hydrogen-bond acceptors (Lipinski definition) is 6. The van der Waals surface area contributed by atoms with E-state index in [1.165, 1.54) is 23.5 Å². The van der Waals surface area contributed by atoms with E-state index in [0.717, 1.165) is 22.8 Å². The van der Waals surface area contributed by atoms with Crippen LogP contribution in [0.4, 0.5) is 18.9 Å². The van der Waals surface area contributed by atoms with Crippen molar-refractivity contribution in [3.8, 4) is 5.75 Å². The van der Waals surface area contributed by atoms with E-state index < -0.39 is 18.9 Å². The summed E-state index contributed by atoms with van der Waals surface area (Å²) in [6.07, 6.45) is -4.47. The van der Waals surface area contributed by atoms with Gasteiger partial charge in [-0.05, 0) is 31.2 Å². The Hall–Kier alpha value is -2.82. The van der Waals surface area contributed by atoms with Crippen LogP contribution in [0.5, 0.6) is 5.75 Å². The fourth-order valence-corrected chi connectivity index (χ4v) is 2.43. The fourth-order valence-electron chi connectivity index (χ4n) is 1.82. The molecule has 0 saturated carbocycles. The van der Waals surface area contributed by atoms with Crippen molar-refractivity contribution < 1.29 is 27.5 Å². The highest BCUT2D eigenvalue weighted by Crippen LogP contribution is 2.23. The van der Waals surface area contributed by atoms with Crippen LogP contribution in [-0.2, 0) is 16.1 Å². The fraction of sp³-hybridized carbons (Fsp3) is 0.267. The number of aromatic nitrogens is 1. The summed E-state index contributed by atoms with van der Waals surface area (Å²) in [5.41, 5.74) is 6.71. The van der Waals surface area contributed by atoms with Gasteiger partial charge in [0.1, 0.15) is 11.6 Å². The second-order valence-electron chi connectivity index (χ2n) is 5.01. The Labute approximate surface area is 150 Å². The van der Waals surface area contributed by atoms with Gasteiger partial charge < -0.3 is 20.6 Å². The summed E-state index contributed by atoms with van der Waals surface area (Å²) in [6.45, 7) is 1.46. The van der Waals surface area contributed by atoms with Crippen molar-refractivity contribution in [1.29, 1.82) is 0 Å². The minimum absolute atomic E-state index is 0.164. The van der Waals surface area contributed by atoms with Gasteiger partial charge in [0, 0.05) is 11.1 Å². The molecule has 7 nitrogen and oxygen atoms in total. The number of nitrogens with one attached hydrogen (secondary N) is 1. The van der Waals surface area contributed by atoms with Crippen LogP contribution >= 0.6 is 11.3 Å². The molecule has 0 unspecified atom stereocenters. The first-order valence-electron chi connectivity index (χ1n) is 7.22. The molecule has 1 aromatic heterocycles. The van der Waals surface area contributed by atoms with Gasteiger partial charge >= 0.3 is 6.36 Å². The Morgan fingerprint density at radius 1 is 1.35 bits per heavy atom. The first-order chi connectivity index (χ1) is 12.2. The smallest absolute Gasteiger partial charge is 0.406 e. The maximum absolute atomic E-state index is 12.1. The number of thiazole rings is 1. The molecule has 0 atom stereocenters. The highest BCUT2D eigenvalue weighted by Gasteiger charge is 2.30. The third-order valence-corrected chi connectivity index (χ3v) is 3.60. The third-order valence-electron chi connectivity index (χ3n) is 2.78. The zero-order chi connectivity index (χ0) is 19.2. The number of ether oxygens (including phenoxy) is 1. The molecule has 2 aromatic rings. The lowest BCUT2D eigenvalue weighted by atomic mass is 10.3. The van der Waals surface area contributed by atoms with Gasteiger partial charge in [-0.25, -0.2) is 4.98 Å². The number of aryl methyl sites for hydroxylation is 1. The van der Waals surface area contributed by atoms with Gasteiger partial charge in [-0.1, -0.05) is 5.16 Å². The molecule has 0 saturated heterocycles. The van der Waals surface area contributed by atoms with Crippen molar-refractivity contribution in [2.75, 3.05) is 11.9 Å². The standard InChI is InChI=1S/C15H15F3N4O3S/c1-9-20-11(8-26-9)6-13(19)22-24-7-14(23)21-10-2-4-12(5-3-10)25-15(16,17)18/h2-5,8H,6-7H2,1H3,(H2,19,22)(H,21,23). The van der Waals surface area contributed by atoms with Crippen LogP contribution in [0.1, 0.15) is 10.7 Å². The number of halogens is 3. The van der Waals surface area contributed by atoms with Crippen LogP contribution in [0, 0.1) is 6.92 Å². The number of hydrogen-bond donors (Lipinski definition) is 2. The third kappa shape index (κ3) is 6.97. The number of nitrogens with two attached hydrogens (primary N) is 1. The van der Waals surface area contributed by atoms with E-state index in [0.29, 0.717) is 6.42 Å². The van der Waals surface area contributed by atoms with Crippen LogP contribution < -0.4 is 15.8 Å². The van der Waals surface area contributed by atoms with Crippen molar-refractivity contribution in [2.24, 2.45) is 10.9 Å². The molecule has 0 spiro atoms. The highest BCUT2D eigenvalue weighted by molar-refractivity contribution is 7.09.